The zero-order chi connectivity index (χ0) is 26.0. The molecule has 0 amide bonds. The van der Waals surface area contributed by atoms with Crippen LogP contribution in [0.3, 0.4) is 0 Å². The van der Waals surface area contributed by atoms with Crippen LogP contribution in [-0.2, 0) is 19.1 Å². The largest absolute Gasteiger partial charge is 0.389 e. The third-order valence-corrected chi connectivity index (χ3v) is 9.65. The highest BCUT2D eigenvalue weighted by atomic mass is 16.5. The molecule has 200 valence electrons. The van der Waals surface area contributed by atoms with E-state index >= 15 is 0 Å². The van der Waals surface area contributed by atoms with Crippen LogP contribution in [0.1, 0.15) is 98.3 Å². The first kappa shape index (κ1) is 27.5. The van der Waals surface area contributed by atoms with Crippen molar-refractivity contribution in [1.29, 1.82) is 0 Å². The predicted molar refractivity (Wildman–Crippen MR) is 142 cm³/mol. The molecular formula is C31H46O5. The highest BCUT2D eigenvalue weighted by molar-refractivity contribution is 6.01. The van der Waals surface area contributed by atoms with Crippen LogP contribution in [-0.4, -0.2) is 48.2 Å². The van der Waals surface area contributed by atoms with E-state index in [1.807, 2.05) is 6.08 Å². The van der Waals surface area contributed by atoms with Gasteiger partial charge in [-0.25, -0.2) is 0 Å². The number of Topliss-reactive ketones (excluding diaryl/α,β-unsaturated/α-hetero) is 1. The van der Waals surface area contributed by atoms with E-state index in [1.165, 1.54) is 5.57 Å². The number of carbonyl (C=O) groups is 2. The summed E-state index contributed by atoms with van der Waals surface area (Å²) in [5, 5.41) is 11.7. The number of hydrogen-bond acceptors (Lipinski definition) is 5. The monoisotopic (exact) mass is 498 g/mol. The van der Waals surface area contributed by atoms with Gasteiger partial charge in [-0.3, -0.25) is 9.59 Å². The Morgan fingerprint density at radius 1 is 1.08 bits per heavy atom. The van der Waals surface area contributed by atoms with E-state index in [9.17, 15) is 14.7 Å². The Kier molecular flexibility index (Phi) is 8.43. The average molecular weight is 499 g/mol. The fourth-order valence-corrected chi connectivity index (χ4v) is 7.69. The second-order valence-corrected chi connectivity index (χ2v) is 11.8. The van der Waals surface area contributed by atoms with Crippen LogP contribution in [0, 0.1) is 16.7 Å². The molecule has 36 heavy (non-hydrogen) atoms. The molecule has 0 aromatic heterocycles. The van der Waals surface area contributed by atoms with E-state index in [-0.39, 0.29) is 24.1 Å². The summed E-state index contributed by atoms with van der Waals surface area (Å²) in [5.41, 5.74) is 1.65. The third kappa shape index (κ3) is 4.61. The summed E-state index contributed by atoms with van der Waals surface area (Å²) in [6, 6.07) is 0. The lowest BCUT2D eigenvalue weighted by atomic mass is 9.52. The standard InChI is InChI=1S/C31H46O5/c1-5-7-9-17-35-21-27(34)31(36-18-10-8-6-2)16-14-25-24-12-11-22-19-23(32)13-15-29(22,3)28(24)26(33)20-30(25,31)4/h13,15,19,25-26,33H,5-12,14,16-18,20-21H2,1-4H3/t25-,26?,29-,30-,31-/m0/s1. The number of aliphatic hydroxyl groups excluding tert-OH is 1. The van der Waals surface area contributed by atoms with E-state index in [4.69, 9.17) is 9.47 Å². The van der Waals surface area contributed by atoms with Gasteiger partial charge in [-0.2, -0.15) is 0 Å². The lowest BCUT2D eigenvalue weighted by Gasteiger charge is -2.54. The van der Waals surface area contributed by atoms with Crippen molar-refractivity contribution < 1.29 is 24.2 Å². The van der Waals surface area contributed by atoms with E-state index in [2.05, 4.69) is 27.7 Å². The number of ether oxygens (including phenoxy) is 2. The van der Waals surface area contributed by atoms with Gasteiger partial charge in [0.05, 0.1) is 6.10 Å². The van der Waals surface area contributed by atoms with Gasteiger partial charge < -0.3 is 14.6 Å². The highest BCUT2D eigenvalue weighted by Crippen LogP contribution is 2.65. The molecular weight excluding hydrogens is 452 g/mol. The van der Waals surface area contributed by atoms with Crippen molar-refractivity contribution >= 4 is 11.6 Å². The Labute approximate surface area is 217 Å². The first-order valence-corrected chi connectivity index (χ1v) is 14.3. The van der Waals surface area contributed by atoms with Crippen LogP contribution in [0.15, 0.2) is 34.9 Å². The topological polar surface area (TPSA) is 72.8 Å². The average Bonchev–Trinajstić information content (AvgIpc) is 3.14. The van der Waals surface area contributed by atoms with Gasteiger partial charge in [0.15, 0.2) is 11.6 Å². The Morgan fingerprint density at radius 3 is 2.53 bits per heavy atom. The second-order valence-electron chi connectivity index (χ2n) is 11.8. The maximum absolute atomic E-state index is 13.9. The molecule has 5 heteroatoms. The molecule has 0 saturated heterocycles. The van der Waals surface area contributed by atoms with E-state index in [0.717, 1.165) is 68.9 Å². The number of carbonyl (C=O) groups excluding carboxylic acids is 2. The molecule has 0 aliphatic heterocycles. The summed E-state index contributed by atoms with van der Waals surface area (Å²) >= 11 is 0. The second kappa shape index (κ2) is 11.0. The highest BCUT2D eigenvalue weighted by Gasteiger charge is 2.66. The van der Waals surface area contributed by atoms with Crippen LogP contribution in [0.2, 0.25) is 0 Å². The number of fused-ring (bicyclic) bond motifs is 4. The molecule has 4 aliphatic rings. The van der Waals surface area contributed by atoms with Gasteiger partial charge in [0.25, 0.3) is 0 Å². The number of aliphatic hydroxyl groups is 1. The Morgan fingerprint density at radius 2 is 1.81 bits per heavy atom. The SMILES string of the molecule is CCCCCOCC(=O)[C@@]1(OCCCCC)CC[C@H]2C3=C(C(O)C[C@@]21C)[C@@]1(C)C=CC(=O)C=C1CC3. The molecule has 1 N–H and O–H groups in total. The van der Waals surface area contributed by atoms with Crippen molar-refractivity contribution in [3.05, 3.63) is 34.9 Å². The van der Waals surface area contributed by atoms with Crippen LogP contribution in [0.5, 0.6) is 0 Å². The predicted octanol–water partition coefficient (Wildman–Crippen LogP) is 6.05. The normalized spacial score (nSPS) is 35.4. The van der Waals surface area contributed by atoms with Crippen molar-refractivity contribution in [2.45, 2.75) is 110 Å². The smallest absolute Gasteiger partial charge is 0.190 e. The molecule has 0 aromatic carbocycles. The molecule has 0 spiro atoms. The third-order valence-electron chi connectivity index (χ3n) is 9.65. The van der Waals surface area contributed by atoms with Crippen molar-refractivity contribution in [1.82, 2.24) is 0 Å². The van der Waals surface area contributed by atoms with E-state index in [1.54, 1.807) is 12.2 Å². The van der Waals surface area contributed by atoms with Crippen LogP contribution < -0.4 is 0 Å². The number of ketones is 2. The Hall–Kier alpha value is -1.56. The Bertz CT molecular complexity index is 945. The van der Waals surface area contributed by atoms with Crippen molar-refractivity contribution in [3.8, 4) is 0 Å². The van der Waals surface area contributed by atoms with Crippen LogP contribution >= 0.6 is 0 Å². The molecule has 1 saturated carbocycles. The summed E-state index contributed by atoms with van der Waals surface area (Å²) in [5.74, 6) is 0.268. The van der Waals surface area contributed by atoms with Gasteiger partial charge in [0, 0.05) is 24.0 Å². The first-order chi connectivity index (χ1) is 17.2. The summed E-state index contributed by atoms with van der Waals surface area (Å²) in [7, 11) is 0. The minimum absolute atomic E-state index is 0.0339. The lowest BCUT2D eigenvalue weighted by molar-refractivity contribution is -0.173. The molecule has 0 radical (unpaired) electrons. The van der Waals surface area contributed by atoms with Gasteiger partial charge in [0.1, 0.15) is 12.2 Å². The summed E-state index contributed by atoms with van der Waals surface area (Å²) in [6.45, 7) is 9.89. The fourth-order valence-electron chi connectivity index (χ4n) is 7.69. The lowest BCUT2D eigenvalue weighted by Crippen LogP contribution is -2.58. The van der Waals surface area contributed by atoms with Crippen LogP contribution in [0.25, 0.3) is 0 Å². The molecule has 0 bridgehead atoms. The van der Waals surface area contributed by atoms with Crippen molar-refractivity contribution in [3.63, 3.8) is 0 Å². The summed E-state index contributed by atoms with van der Waals surface area (Å²) in [4.78, 5) is 26.0. The molecule has 1 fully saturated rings. The molecule has 4 aliphatic carbocycles. The van der Waals surface area contributed by atoms with Gasteiger partial charge >= 0.3 is 0 Å². The van der Waals surface area contributed by atoms with Gasteiger partial charge in [-0.05, 0) is 75.5 Å². The summed E-state index contributed by atoms with van der Waals surface area (Å²) in [6.07, 6.45) is 14.8. The minimum atomic E-state index is -0.926. The molecule has 0 heterocycles. The fraction of sp³-hybridized carbons (Fsp3) is 0.742. The molecule has 0 aromatic rings. The van der Waals surface area contributed by atoms with Crippen molar-refractivity contribution in [2.75, 3.05) is 19.8 Å². The first-order valence-electron chi connectivity index (χ1n) is 14.3. The number of hydrogen-bond donors (Lipinski definition) is 1. The number of unbranched alkanes of at least 4 members (excludes halogenated alkanes) is 4. The number of allylic oxidation sites excluding steroid dienone is 5. The van der Waals surface area contributed by atoms with E-state index in [0.29, 0.717) is 26.1 Å². The number of rotatable bonds is 12. The molecule has 1 unspecified atom stereocenters. The van der Waals surface area contributed by atoms with E-state index < -0.39 is 22.5 Å². The minimum Gasteiger partial charge on any atom is -0.389 e. The molecule has 4 rings (SSSR count). The van der Waals surface area contributed by atoms with Gasteiger partial charge in [0.2, 0.25) is 0 Å². The molecule has 5 atom stereocenters. The zero-order valence-corrected chi connectivity index (χ0v) is 22.9. The maximum atomic E-state index is 13.9. The van der Waals surface area contributed by atoms with Crippen LogP contribution in [0.4, 0.5) is 0 Å². The van der Waals surface area contributed by atoms with Gasteiger partial charge in [-0.1, -0.05) is 63.7 Å². The quantitative estimate of drug-likeness (QED) is 0.262. The van der Waals surface area contributed by atoms with Crippen molar-refractivity contribution in [2.24, 2.45) is 16.7 Å². The molecule has 5 nitrogen and oxygen atoms in total. The van der Waals surface area contributed by atoms with Gasteiger partial charge in [-0.15, -0.1) is 0 Å². The Balaban J connectivity index is 1.65. The maximum Gasteiger partial charge on any atom is 0.190 e. The summed E-state index contributed by atoms with van der Waals surface area (Å²) < 4.78 is 12.5. The zero-order valence-electron chi connectivity index (χ0n) is 22.9.